The zero-order valence-corrected chi connectivity index (χ0v) is 45.0. The van der Waals surface area contributed by atoms with E-state index < -0.39 is 0 Å². The van der Waals surface area contributed by atoms with E-state index in [1.54, 1.807) is 6.08 Å². The number of hydrogen-bond acceptors (Lipinski definition) is 7. The average Bonchev–Trinajstić information content (AvgIpc) is 3.81. The molecule has 7 heteroatoms. The Labute approximate surface area is 413 Å². The van der Waals surface area contributed by atoms with Gasteiger partial charge in [-0.1, -0.05) is 142 Å². The monoisotopic (exact) mass is 929 g/mol. The van der Waals surface area contributed by atoms with Gasteiger partial charge in [-0.25, -0.2) is 0 Å². The van der Waals surface area contributed by atoms with Gasteiger partial charge in [0.2, 0.25) is 0 Å². The second-order valence-corrected chi connectivity index (χ2v) is 20.5. The van der Waals surface area contributed by atoms with Crippen LogP contribution in [0.1, 0.15) is 180 Å². The van der Waals surface area contributed by atoms with Crippen molar-refractivity contribution in [2.75, 3.05) is 40.3 Å². The predicted molar refractivity (Wildman–Crippen MR) is 291 cm³/mol. The summed E-state index contributed by atoms with van der Waals surface area (Å²) in [6.45, 7) is 31.0. The van der Waals surface area contributed by atoms with Crippen LogP contribution in [0.4, 0.5) is 0 Å². The summed E-state index contributed by atoms with van der Waals surface area (Å²) in [5, 5.41) is 14.0. The molecule has 6 rings (SSSR count). The van der Waals surface area contributed by atoms with Crippen LogP contribution in [0.3, 0.4) is 0 Å². The van der Waals surface area contributed by atoms with Crippen molar-refractivity contribution in [2.24, 2.45) is 51.4 Å². The molecule has 0 aromatic heterocycles. The summed E-state index contributed by atoms with van der Waals surface area (Å²) < 4.78 is 0. The van der Waals surface area contributed by atoms with E-state index in [0.717, 1.165) is 56.9 Å². The highest BCUT2D eigenvalue weighted by Gasteiger charge is 2.49. The first-order valence-electron chi connectivity index (χ1n) is 26.5. The molecule has 1 heterocycles. The Hall–Kier alpha value is -3.32. The van der Waals surface area contributed by atoms with Crippen molar-refractivity contribution in [3.8, 4) is 0 Å². The van der Waals surface area contributed by atoms with Gasteiger partial charge in [0.05, 0.1) is 6.10 Å². The normalized spacial score (nSPS) is 23.0. The molecular weight excluding hydrogens is 825 g/mol. The summed E-state index contributed by atoms with van der Waals surface area (Å²) in [5.74, 6) is 2.82. The summed E-state index contributed by atoms with van der Waals surface area (Å²) in [4.78, 5) is 22.6. The van der Waals surface area contributed by atoms with Crippen molar-refractivity contribution in [1.29, 1.82) is 0 Å². The third kappa shape index (κ3) is 22.3. The molecule has 1 aliphatic heterocycles. The largest absolute Gasteiger partial charge is 0.398 e. The quantitative estimate of drug-likeness (QED) is 0.0751. The summed E-state index contributed by atoms with van der Waals surface area (Å²) in [6, 6.07) is 18.3. The van der Waals surface area contributed by atoms with E-state index >= 15 is 0 Å². The number of aliphatic hydroxyl groups is 1. The molecule has 4 fully saturated rings. The zero-order valence-electron chi connectivity index (χ0n) is 45.0. The highest BCUT2D eigenvalue weighted by molar-refractivity contribution is 5.61. The summed E-state index contributed by atoms with van der Waals surface area (Å²) in [5.41, 5.74) is 17.7. The average molecular weight is 930 g/mol. The highest BCUT2D eigenvalue weighted by Crippen LogP contribution is 2.56. The number of nitrogens with one attached hydrogen (secondary N) is 1. The molecule has 6 unspecified atom stereocenters. The Morgan fingerprint density at radius 2 is 1.48 bits per heavy atom. The number of likely N-dealkylation sites (tertiary alicyclic amines) is 1. The summed E-state index contributed by atoms with van der Waals surface area (Å²) in [7, 11) is 3.51. The molecule has 2 aromatic carbocycles. The second kappa shape index (κ2) is 36.6. The predicted octanol–water partition coefficient (Wildman–Crippen LogP) is 13.1. The van der Waals surface area contributed by atoms with Crippen LogP contribution >= 0.6 is 0 Å². The van der Waals surface area contributed by atoms with Gasteiger partial charge >= 0.3 is 0 Å². The number of carbonyl (C=O) groups is 2. The number of allylic oxidation sites excluding steroid dienone is 1. The molecule has 6 atom stereocenters. The molecule has 0 spiro atoms. The fourth-order valence-electron chi connectivity index (χ4n) is 11.3. The number of likely N-dealkylation sites (N-methyl/N-ethyl adjacent to an activating group) is 1. The van der Waals surface area contributed by atoms with Crippen LogP contribution in [0, 0.1) is 39.9 Å². The summed E-state index contributed by atoms with van der Waals surface area (Å²) in [6.07, 6.45) is 27.6. The van der Waals surface area contributed by atoms with E-state index in [2.05, 4.69) is 118 Å². The lowest BCUT2D eigenvalue weighted by Crippen LogP contribution is -2.43. The smallest absolute Gasteiger partial charge is 0.126 e. The first-order valence-corrected chi connectivity index (χ1v) is 26.5. The third-order valence-electron chi connectivity index (χ3n) is 15.5. The van der Waals surface area contributed by atoms with Gasteiger partial charge in [0.15, 0.2) is 0 Å². The number of fused-ring (bicyclic) bond motifs is 1. The highest BCUT2D eigenvalue weighted by atomic mass is 16.3. The van der Waals surface area contributed by atoms with Gasteiger partial charge in [-0.2, -0.15) is 0 Å². The van der Waals surface area contributed by atoms with E-state index in [1.165, 1.54) is 145 Å². The Morgan fingerprint density at radius 3 is 2.04 bits per heavy atom. The van der Waals surface area contributed by atoms with Gasteiger partial charge in [0, 0.05) is 18.2 Å². The maximum atomic E-state index is 12.0. The molecule has 3 aliphatic carbocycles. The van der Waals surface area contributed by atoms with Crippen molar-refractivity contribution in [3.05, 3.63) is 102 Å². The van der Waals surface area contributed by atoms with Crippen LogP contribution in [0.25, 0.3) is 0 Å². The SMILES string of the molecule is C=C=CN.C=CC.C=O.CC.CCCC(O)C(C)(C)C1CCC(C)(C)C(CCC2CCCC3(C=O)CCCC23)C1.CN.CNCCc1cccc(Cc2ccc(CCN3CCCCC3)cc2)c1. The Bertz CT molecular complexity index is 1590. The van der Waals surface area contributed by atoms with Gasteiger partial charge in [0.1, 0.15) is 13.1 Å². The van der Waals surface area contributed by atoms with Crippen molar-refractivity contribution >= 4 is 13.1 Å². The number of aldehydes is 1. The molecule has 7 nitrogen and oxygen atoms in total. The van der Waals surface area contributed by atoms with Gasteiger partial charge in [-0.05, 0) is 187 Å². The molecule has 67 heavy (non-hydrogen) atoms. The molecule has 3 saturated carbocycles. The standard InChI is InChI=1S/C27H48O2.C23H32N2.C3H5N.C3H6.C2H6.CH5N.CH2O/c1-6-9-24(29)26(4,5)22-14-17-25(2,3)21(18-22)13-12-20-10-7-15-27(19-28)16-8-11-23(20)27;1-24-14-12-21-6-5-7-23(18-21)19-22-10-8-20(9-11-22)13-17-25-15-3-2-4-16-25;1-2-3-4;1-3-2;3*1-2/h19-24,29H,6-18H2,1-5H3;5-11,18,24H,2-4,12-17,19H2,1H3;3H,1,4H2;3H,1H2,2H3;1-2H3;2H2,1H3;1H2. The molecule has 0 radical (unpaired) electrons. The minimum atomic E-state index is -0.176. The molecule has 1 saturated heterocycles. The van der Waals surface area contributed by atoms with Crippen molar-refractivity contribution in [1.82, 2.24) is 10.2 Å². The maximum Gasteiger partial charge on any atom is 0.126 e. The number of carbonyl (C=O) groups excluding carboxylic acids is 2. The van der Waals surface area contributed by atoms with Crippen LogP contribution < -0.4 is 16.8 Å². The van der Waals surface area contributed by atoms with Gasteiger partial charge in [-0.3, -0.25) is 0 Å². The molecule has 2 aromatic rings. The van der Waals surface area contributed by atoms with E-state index in [4.69, 9.17) is 10.5 Å². The first-order chi connectivity index (χ1) is 32.3. The van der Waals surface area contributed by atoms with E-state index in [9.17, 15) is 9.90 Å². The van der Waals surface area contributed by atoms with Crippen molar-refractivity contribution in [3.63, 3.8) is 0 Å². The number of aliphatic hydroxyl groups excluding tert-OH is 1. The van der Waals surface area contributed by atoms with Gasteiger partial charge in [-0.15, -0.1) is 12.3 Å². The van der Waals surface area contributed by atoms with Gasteiger partial charge < -0.3 is 36.4 Å². The summed E-state index contributed by atoms with van der Waals surface area (Å²) >= 11 is 0. The van der Waals surface area contributed by atoms with Crippen molar-refractivity contribution in [2.45, 2.75) is 183 Å². The molecule has 0 bridgehead atoms. The Morgan fingerprint density at radius 1 is 0.896 bits per heavy atom. The molecular formula is C60H104N4O3. The number of nitrogens with two attached hydrogens (primary N) is 2. The fourth-order valence-corrected chi connectivity index (χ4v) is 11.3. The van der Waals surface area contributed by atoms with E-state index in [0.29, 0.717) is 17.3 Å². The minimum absolute atomic E-state index is 0.0216. The number of benzene rings is 2. The Balaban J connectivity index is 0.00000105. The molecule has 4 aliphatic rings. The molecule has 0 amide bonds. The van der Waals surface area contributed by atoms with Crippen LogP contribution in [0.5, 0.6) is 0 Å². The second-order valence-electron chi connectivity index (χ2n) is 20.5. The van der Waals surface area contributed by atoms with Crippen LogP contribution in [0.2, 0.25) is 0 Å². The van der Waals surface area contributed by atoms with Crippen LogP contribution in [-0.2, 0) is 28.9 Å². The van der Waals surface area contributed by atoms with Gasteiger partial charge in [0.25, 0.3) is 0 Å². The topological polar surface area (TPSA) is 122 Å². The first kappa shape index (κ1) is 63.7. The van der Waals surface area contributed by atoms with Crippen LogP contribution in [0.15, 0.2) is 79.7 Å². The van der Waals surface area contributed by atoms with Crippen molar-refractivity contribution < 1.29 is 14.7 Å². The number of rotatable bonds is 16. The zero-order chi connectivity index (χ0) is 50.7. The lowest BCUT2D eigenvalue weighted by atomic mass is 9.56. The lowest BCUT2D eigenvalue weighted by molar-refractivity contribution is -0.121. The minimum Gasteiger partial charge on any atom is -0.398 e. The van der Waals surface area contributed by atoms with Crippen LogP contribution in [-0.4, -0.2) is 69.5 Å². The van der Waals surface area contributed by atoms with E-state index in [-0.39, 0.29) is 16.9 Å². The Kier molecular flexibility index (Phi) is 34.8. The van der Waals surface area contributed by atoms with E-state index in [1.807, 2.05) is 34.6 Å². The fraction of sp³-hybridized carbons (Fsp3) is 0.683. The number of piperidine rings is 1. The maximum absolute atomic E-state index is 12.0. The number of hydrogen-bond donors (Lipinski definition) is 4. The third-order valence-corrected chi connectivity index (χ3v) is 15.5. The number of nitrogens with zero attached hydrogens (tertiary/aromatic N) is 1. The molecule has 382 valence electrons. The lowest BCUT2D eigenvalue weighted by Gasteiger charge is -2.49. The molecule has 6 N–H and O–H groups in total.